The number of benzene rings is 2. The van der Waals surface area contributed by atoms with Gasteiger partial charge in [0.05, 0.1) is 17.4 Å². The van der Waals surface area contributed by atoms with Gasteiger partial charge in [-0.25, -0.2) is 5.12 Å². The predicted octanol–water partition coefficient (Wildman–Crippen LogP) is 4.77. The first-order valence-electron chi connectivity index (χ1n) is 9.20. The predicted molar refractivity (Wildman–Crippen MR) is 109 cm³/mol. The zero-order valence-corrected chi connectivity index (χ0v) is 15.6. The Morgan fingerprint density at radius 1 is 1.12 bits per heavy atom. The molecule has 1 fully saturated rings. The second kappa shape index (κ2) is 7.68. The van der Waals surface area contributed by atoms with Gasteiger partial charge in [-0.15, -0.1) is 0 Å². The van der Waals surface area contributed by atoms with Gasteiger partial charge in [-0.05, 0) is 73.4 Å². The number of hydrogen-bond acceptors (Lipinski definition) is 5. The topological polar surface area (TPSA) is 73.9 Å². The highest BCUT2D eigenvalue weighted by Gasteiger charge is 2.23. The molecule has 0 heterocycles. The minimum atomic E-state index is 0.124. The Morgan fingerprint density at radius 2 is 1.77 bits per heavy atom. The third-order valence-electron chi connectivity index (χ3n) is 5.42. The van der Waals surface area contributed by atoms with E-state index in [-0.39, 0.29) is 5.75 Å². The number of phenolic OH excluding ortho intramolecular Hbond substituents is 1. The van der Waals surface area contributed by atoms with Gasteiger partial charge in [-0.1, -0.05) is 25.1 Å². The van der Waals surface area contributed by atoms with Crippen LogP contribution in [-0.4, -0.2) is 23.0 Å². The maximum atomic E-state index is 9.73. The highest BCUT2D eigenvalue weighted by atomic mass is 16.3. The fourth-order valence-electron chi connectivity index (χ4n) is 3.61. The molecule has 1 aliphatic carbocycles. The second-order valence-corrected chi connectivity index (χ2v) is 7.26. The lowest BCUT2D eigenvalue weighted by Gasteiger charge is -2.34. The summed E-state index contributed by atoms with van der Waals surface area (Å²) in [7, 11) is 0. The van der Waals surface area contributed by atoms with E-state index in [0.717, 1.165) is 41.1 Å². The summed E-state index contributed by atoms with van der Waals surface area (Å²) in [6, 6.07) is 12.1. The first-order valence-corrected chi connectivity index (χ1v) is 9.20. The van der Waals surface area contributed by atoms with Gasteiger partial charge in [-0.3, -0.25) is 5.43 Å². The molecule has 0 amide bonds. The molecule has 0 aromatic heterocycles. The van der Waals surface area contributed by atoms with Crippen molar-refractivity contribution in [1.29, 1.82) is 0 Å². The molecule has 0 unspecified atom stereocenters. The number of aromatic hydroxyl groups is 1. The zero-order valence-electron chi connectivity index (χ0n) is 15.6. The first kappa shape index (κ1) is 18.1. The van der Waals surface area contributed by atoms with Crippen LogP contribution in [0.4, 0.5) is 11.4 Å². The summed E-state index contributed by atoms with van der Waals surface area (Å²) in [6.07, 6.45) is 4.74. The molecule has 138 valence electrons. The summed E-state index contributed by atoms with van der Waals surface area (Å²) < 4.78 is 0. The average Bonchev–Trinajstić information content (AvgIpc) is 2.66. The van der Waals surface area contributed by atoms with Crippen molar-refractivity contribution in [3.8, 4) is 16.9 Å². The van der Waals surface area contributed by atoms with Crippen LogP contribution in [0.25, 0.3) is 11.1 Å². The van der Waals surface area contributed by atoms with Crippen LogP contribution >= 0.6 is 0 Å². The molecular formula is C21H28N4O. The van der Waals surface area contributed by atoms with Crippen LogP contribution in [0.5, 0.6) is 5.75 Å². The van der Waals surface area contributed by atoms with Crippen LogP contribution in [-0.2, 0) is 0 Å². The molecule has 4 N–H and O–H groups in total. The first-order chi connectivity index (χ1) is 12.5. The van der Waals surface area contributed by atoms with E-state index in [0.29, 0.717) is 11.7 Å². The van der Waals surface area contributed by atoms with E-state index in [1.807, 2.05) is 42.4 Å². The largest absolute Gasteiger partial charge is 0.506 e. The number of anilines is 2. The molecule has 1 saturated carbocycles. The van der Waals surface area contributed by atoms with Crippen LogP contribution < -0.4 is 11.2 Å². The highest BCUT2D eigenvalue weighted by Crippen LogP contribution is 2.33. The molecule has 1 aliphatic rings. The van der Waals surface area contributed by atoms with Crippen LogP contribution in [0, 0.1) is 12.8 Å². The van der Waals surface area contributed by atoms with Crippen molar-refractivity contribution in [3.05, 3.63) is 42.0 Å². The third kappa shape index (κ3) is 3.77. The molecule has 3 rings (SSSR count). The smallest absolute Gasteiger partial charge is 0.138 e. The van der Waals surface area contributed by atoms with E-state index >= 15 is 0 Å². The quantitative estimate of drug-likeness (QED) is 0.313. The number of hydrazine groups is 1. The number of phenols is 1. The van der Waals surface area contributed by atoms with E-state index in [4.69, 9.17) is 5.73 Å². The summed E-state index contributed by atoms with van der Waals surface area (Å²) >= 11 is 0. The Labute approximate surface area is 155 Å². The van der Waals surface area contributed by atoms with Crippen LogP contribution in [0.1, 0.15) is 38.2 Å². The minimum absolute atomic E-state index is 0.124. The van der Waals surface area contributed by atoms with E-state index in [1.54, 1.807) is 6.07 Å². The Bertz CT molecular complexity index is 764. The summed E-state index contributed by atoms with van der Waals surface area (Å²) in [5.74, 6) is 0.928. The van der Waals surface area contributed by atoms with Gasteiger partial charge in [0.2, 0.25) is 0 Å². The Balaban J connectivity index is 1.73. The molecule has 26 heavy (non-hydrogen) atoms. The maximum absolute atomic E-state index is 9.73. The monoisotopic (exact) mass is 352 g/mol. The van der Waals surface area contributed by atoms with Crippen molar-refractivity contribution >= 4 is 18.1 Å². The van der Waals surface area contributed by atoms with Gasteiger partial charge < -0.3 is 10.8 Å². The molecule has 0 spiro atoms. The van der Waals surface area contributed by atoms with Gasteiger partial charge in [0.1, 0.15) is 5.75 Å². The van der Waals surface area contributed by atoms with Crippen molar-refractivity contribution < 1.29 is 5.11 Å². The molecule has 0 bridgehead atoms. The molecule has 0 radical (unpaired) electrons. The summed E-state index contributed by atoms with van der Waals surface area (Å²) in [5, 5.41) is 15.8. The molecule has 2 aromatic carbocycles. The molecule has 5 heteroatoms. The average molecular weight is 352 g/mol. The molecule has 0 atom stereocenters. The number of hydrogen-bond donors (Lipinski definition) is 3. The summed E-state index contributed by atoms with van der Waals surface area (Å²) in [5.41, 5.74) is 13.7. The standard InChI is InChI=1S/C21H28N4O/c1-14-4-10-18(11-5-14)25(23-3)24-17-8-6-16(7-9-17)19-12-13-20(26)21(22)15(19)2/h6-9,12-14,18,24,26H,3-5,10-11,22H2,1-2H3. The molecular weight excluding hydrogens is 324 g/mol. The van der Waals surface area contributed by atoms with E-state index in [2.05, 4.69) is 24.2 Å². The SMILES string of the molecule is C=NN(Nc1ccc(-c2ccc(O)c(N)c2C)cc1)C1CCC(C)CC1. The Kier molecular flexibility index (Phi) is 5.35. The van der Waals surface area contributed by atoms with Crippen LogP contribution in [0.2, 0.25) is 0 Å². The fraction of sp³-hybridized carbons (Fsp3) is 0.381. The van der Waals surface area contributed by atoms with Gasteiger partial charge in [0.15, 0.2) is 0 Å². The molecule has 2 aromatic rings. The number of nitrogens with zero attached hydrogens (tertiary/aromatic N) is 2. The lowest BCUT2D eigenvalue weighted by molar-refractivity contribution is 0.175. The highest BCUT2D eigenvalue weighted by molar-refractivity contribution is 5.76. The minimum Gasteiger partial charge on any atom is -0.506 e. The normalized spacial score (nSPS) is 19.8. The van der Waals surface area contributed by atoms with Crippen molar-refractivity contribution in [2.24, 2.45) is 11.0 Å². The lowest BCUT2D eigenvalue weighted by Crippen LogP contribution is -2.37. The van der Waals surface area contributed by atoms with Gasteiger partial charge in [0.25, 0.3) is 0 Å². The van der Waals surface area contributed by atoms with Crippen molar-refractivity contribution in [2.75, 3.05) is 11.2 Å². The zero-order chi connectivity index (χ0) is 18.7. The number of nitrogen functional groups attached to an aromatic ring is 1. The number of hydrazone groups is 1. The number of nitrogens with one attached hydrogen (secondary N) is 1. The van der Waals surface area contributed by atoms with Crippen molar-refractivity contribution in [1.82, 2.24) is 5.12 Å². The third-order valence-corrected chi connectivity index (χ3v) is 5.42. The van der Waals surface area contributed by atoms with Gasteiger partial charge in [-0.2, -0.15) is 5.10 Å². The van der Waals surface area contributed by atoms with Crippen LogP contribution in [0.3, 0.4) is 0 Å². The van der Waals surface area contributed by atoms with Crippen molar-refractivity contribution in [3.63, 3.8) is 0 Å². The van der Waals surface area contributed by atoms with E-state index < -0.39 is 0 Å². The second-order valence-electron chi connectivity index (χ2n) is 7.26. The number of rotatable bonds is 5. The number of nitrogens with two attached hydrogens (primary N) is 1. The summed E-state index contributed by atoms with van der Waals surface area (Å²) in [6.45, 7) is 7.95. The van der Waals surface area contributed by atoms with Gasteiger partial charge >= 0.3 is 0 Å². The lowest BCUT2D eigenvalue weighted by atomic mass is 9.87. The molecule has 0 saturated heterocycles. The Morgan fingerprint density at radius 3 is 2.38 bits per heavy atom. The Hall–Kier alpha value is -2.69. The van der Waals surface area contributed by atoms with Crippen molar-refractivity contribution in [2.45, 2.75) is 45.6 Å². The van der Waals surface area contributed by atoms with Crippen LogP contribution in [0.15, 0.2) is 41.5 Å². The molecule has 0 aliphatic heterocycles. The van der Waals surface area contributed by atoms with E-state index in [9.17, 15) is 5.11 Å². The fourth-order valence-corrected chi connectivity index (χ4v) is 3.61. The molecule has 5 nitrogen and oxygen atoms in total. The summed E-state index contributed by atoms with van der Waals surface area (Å²) in [4.78, 5) is 0. The van der Waals surface area contributed by atoms with E-state index in [1.165, 1.54) is 12.8 Å². The van der Waals surface area contributed by atoms with Gasteiger partial charge in [0, 0.05) is 6.72 Å². The maximum Gasteiger partial charge on any atom is 0.138 e.